The largest absolute Gasteiger partial charge is 0.493 e. The van der Waals surface area contributed by atoms with Gasteiger partial charge < -0.3 is 22.6 Å². The molecule has 4 rings (SSSR count). The van der Waals surface area contributed by atoms with Crippen molar-refractivity contribution in [1.82, 2.24) is 9.55 Å². The fourth-order valence-electron chi connectivity index (χ4n) is 3.24. The van der Waals surface area contributed by atoms with Crippen LogP contribution in [0.15, 0.2) is 58.6 Å². The summed E-state index contributed by atoms with van der Waals surface area (Å²) in [4.78, 5) is 5.84. The molecule has 0 bridgehead atoms. The van der Waals surface area contributed by atoms with Gasteiger partial charge in [-0.2, -0.15) is 0 Å². The Bertz CT molecular complexity index is 1120. The molecule has 2 aromatic rings. The molecule has 0 spiro atoms. The zero-order valence-corrected chi connectivity index (χ0v) is 17.4. The second-order valence-electron chi connectivity index (χ2n) is 6.42. The number of benzene rings is 2. The summed E-state index contributed by atoms with van der Waals surface area (Å²) in [5.74, 6) is 2.79. The van der Waals surface area contributed by atoms with Crippen molar-refractivity contribution in [2.24, 2.45) is 0 Å². The van der Waals surface area contributed by atoms with Gasteiger partial charge in [0.1, 0.15) is 10.4 Å². The molecule has 0 aromatic heterocycles. The van der Waals surface area contributed by atoms with E-state index in [2.05, 4.69) is 4.57 Å². The molecule has 0 saturated carbocycles. The highest BCUT2D eigenvalue weighted by Crippen LogP contribution is 2.38. The third-order valence-electron chi connectivity index (χ3n) is 4.68. The summed E-state index contributed by atoms with van der Waals surface area (Å²) in [7, 11) is 4.86. The van der Waals surface area contributed by atoms with Crippen molar-refractivity contribution in [3.63, 3.8) is 0 Å². The number of aromatic nitrogens is 2. The van der Waals surface area contributed by atoms with Crippen LogP contribution in [0.5, 0.6) is 17.2 Å². The van der Waals surface area contributed by atoms with Gasteiger partial charge in [0.15, 0.2) is 22.9 Å². The molecule has 0 radical (unpaired) electrons. The van der Waals surface area contributed by atoms with E-state index in [1.54, 1.807) is 21.3 Å². The predicted molar refractivity (Wildman–Crippen MR) is 114 cm³/mol. The number of pyridine rings is 1. The van der Waals surface area contributed by atoms with Gasteiger partial charge in [0.25, 0.3) is 0 Å². The Labute approximate surface area is 173 Å². The summed E-state index contributed by atoms with van der Waals surface area (Å²) in [5.41, 5.74) is 2.68. The van der Waals surface area contributed by atoms with E-state index in [-0.39, 0.29) is 0 Å². The van der Waals surface area contributed by atoms with Crippen molar-refractivity contribution in [3.8, 4) is 28.0 Å². The number of aryl methyl sites for hydroxylation is 2. The van der Waals surface area contributed by atoms with E-state index >= 15 is 0 Å². The lowest BCUT2D eigenvalue weighted by Crippen LogP contribution is -2.07. The minimum atomic E-state index is 0.597. The normalized spacial score (nSPS) is 10.9. The Morgan fingerprint density at radius 2 is 1.72 bits per heavy atom. The summed E-state index contributed by atoms with van der Waals surface area (Å²) < 4.78 is 24.3. The zero-order chi connectivity index (χ0) is 20.2. The minimum absolute atomic E-state index is 0.597. The Morgan fingerprint density at radius 3 is 2.45 bits per heavy atom. The maximum atomic E-state index is 5.84. The molecule has 0 N–H and O–H groups in total. The van der Waals surface area contributed by atoms with Crippen LogP contribution >= 0.6 is 11.6 Å². The highest BCUT2D eigenvalue weighted by molar-refractivity contribution is 7.06. The van der Waals surface area contributed by atoms with Crippen LogP contribution in [-0.4, -0.2) is 30.9 Å². The van der Waals surface area contributed by atoms with Crippen LogP contribution in [0.4, 0.5) is 0 Å². The number of nitrogens with zero attached hydrogens (tertiary/aromatic N) is 2. The van der Waals surface area contributed by atoms with Crippen LogP contribution in [0.3, 0.4) is 0 Å². The number of hydrogen-bond donors (Lipinski definition) is 0. The second kappa shape index (κ2) is 8.45. The summed E-state index contributed by atoms with van der Waals surface area (Å²) in [6.07, 6.45) is 2.81. The van der Waals surface area contributed by atoms with Gasteiger partial charge in [0, 0.05) is 24.4 Å². The van der Waals surface area contributed by atoms with Crippen LogP contribution in [0, 0.1) is 0 Å². The predicted octanol–water partition coefficient (Wildman–Crippen LogP) is 5.19. The van der Waals surface area contributed by atoms with Gasteiger partial charge in [-0.1, -0.05) is 12.1 Å². The number of hydrogen-bond acceptors (Lipinski definition) is 6. The van der Waals surface area contributed by atoms with Crippen LogP contribution in [0.25, 0.3) is 21.8 Å². The van der Waals surface area contributed by atoms with Gasteiger partial charge >= 0.3 is 0 Å². The molecule has 2 aromatic carbocycles. The van der Waals surface area contributed by atoms with Crippen molar-refractivity contribution >= 4 is 22.7 Å². The molecule has 29 heavy (non-hydrogen) atoms. The first kappa shape index (κ1) is 19.1. The maximum Gasteiger partial charge on any atom is 0.203 e. The van der Waals surface area contributed by atoms with E-state index in [1.807, 2.05) is 54.7 Å². The molecule has 150 valence electrons. The molecule has 0 aliphatic carbocycles. The summed E-state index contributed by atoms with van der Waals surface area (Å²) >= 11 is 1.33. The van der Waals surface area contributed by atoms with Crippen LogP contribution in [0.1, 0.15) is 5.56 Å². The number of para-hydroxylation sites is 2. The molecule has 0 fully saturated rings. The van der Waals surface area contributed by atoms with Crippen molar-refractivity contribution in [3.05, 3.63) is 60.3 Å². The molecular formula is C22H22N2O4S. The fourth-order valence-corrected chi connectivity index (χ4v) is 3.93. The van der Waals surface area contributed by atoms with Gasteiger partial charge in [-0.05, 0) is 48.4 Å². The van der Waals surface area contributed by atoms with Crippen LogP contribution < -0.4 is 14.2 Å². The van der Waals surface area contributed by atoms with Crippen molar-refractivity contribution in [1.29, 1.82) is 0 Å². The average molecular weight is 410 g/mol. The Morgan fingerprint density at radius 1 is 0.966 bits per heavy atom. The molecular weight excluding hydrogens is 388 g/mol. The summed E-state index contributed by atoms with van der Waals surface area (Å²) in [6.45, 7) is 0.744. The van der Waals surface area contributed by atoms with E-state index < -0.39 is 0 Å². The third-order valence-corrected chi connectivity index (χ3v) is 5.45. The molecule has 0 saturated heterocycles. The fraction of sp³-hybridized carbons (Fsp3) is 0.227. The van der Waals surface area contributed by atoms with E-state index in [1.165, 1.54) is 11.6 Å². The molecule has 0 unspecified atom stereocenters. The van der Waals surface area contributed by atoms with Gasteiger partial charge in [0.2, 0.25) is 5.75 Å². The first-order valence-electron chi connectivity index (χ1n) is 9.20. The number of ether oxygens (including phenoxy) is 3. The van der Waals surface area contributed by atoms with Crippen molar-refractivity contribution in [2.75, 3.05) is 21.3 Å². The first-order valence-corrected chi connectivity index (χ1v) is 9.94. The third kappa shape index (κ3) is 3.86. The second-order valence-corrected chi connectivity index (χ2v) is 7.19. The number of fused-ring (bicyclic) bond motifs is 2. The van der Waals surface area contributed by atoms with E-state index in [4.69, 9.17) is 23.0 Å². The van der Waals surface area contributed by atoms with Crippen molar-refractivity contribution < 1.29 is 18.1 Å². The Hall–Kier alpha value is -3.19. The van der Waals surface area contributed by atoms with E-state index in [0.29, 0.717) is 17.2 Å². The van der Waals surface area contributed by atoms with Gasteiger partial charge in [-0.25, -0.2) is 4.98 Å². The highest BCUT2D eigenvalue weighted by Gasteiger charge is 2.14. The SMILES string of the molecule is COc1cc(CCn2cccc3soc4ccccc4nc2-3)cc(OC)c1OC. The average Bonchev–Trinajstić information content (AvgIpc) is 2.96. The van der Waals surface area contributed by atoms with Crippen molar-refractivity contribution in [2.45, 2.75) is 13.0 Å². The molecule has 7 heteroatoms. The lowest BCUT2D eigenvalue weighted by Gasteiger charge is -2.15. The van der Waals surface area contributed by atoms with Crippen LogP contribution in [-0.2, 0) is 13.0 Å². The molecule has 2 aliphatic heterocycles. The monoisotopic (exact) mass is 410 g/mol. The highest BCUT2D eigenvalue weighted by atomic mass is 32.1. The van der Waals surface area contributed by atoms with E-state index in [0.717, 1.165) is 40.3 Å². The van der Waals surface area contributed by atoms with Gasteiger partial charge in [-0.3, -0.25) is 0 Å². The molecule has 0 atom stereocenters. The zero-order valence-electron chi connectivity index (χ0n) is 16.5. The topological polar surface area (TPSA) is 58.7 Å². The lowest BCUT2D eigenvalue weighted by atomic mass is 10.1. The van der Waals surface area contributed by atoms with Gasteiger partial charge in [-0.15, -0.1) is 0 Å². The quantitative estimate of drug-likeness (QED) is 0.438. The number of methoxy groups -OCH3 is 3. The summed E-state index contributed by atoms with van der Waals surface area (Å²) in [5, 5.41) is 0. The Kier molecular flexibility index (Phi) is 5.57. The number of rotatable bonds is 6. The standard InChI is InChI=1S/C22H22N2O4S/c1-25-18-13-15(14-19(26-2)21(18)27-3)10-12-24-11-6-9-20-22(24)23-16-7-4-5-8-17(16)28-29-20/h4-9,11,13-14H,10,12H2,1-3H3. The molecule has 2 aliphatic rings. The van der Waals surface area contributed by atoms with Crippen LogP contribution in [0.2, 0.25) is 0 Å². The molecule has 2 heterocycles. The molecule has 0 amide bonds. The lowest BCUT2D eigenvalue weighted by molar-refractivity contribution is 0.323. The van der Waals surface area contributed by atoms with Gasteiger partial charge in [0.05, 0.1) is 21.3 Å². The Balaban J connectivity index is 1.70. The maximum absolute atomic E-state index is 5.84. The minimum Gasteiger partial charge on any atom is -0.493 e. The van der Waals surface area contributed by atoms with E-state index in [9.17, 15) is 0 Å². The smallest absolute Gasteiger partial charge is 0.203 e. The summed E-state index contributed by atoms with van der Waals surface area (Å²) in [6, 6.07) is 15.8. The first-order chi connectivity index (χ1) is 14.2. The molecule has 6 nitrogen and oxygen atoms in total.